The van der Waals surface area contributed by atoms with Gasteiger partial charge in [0.25, 0.3) is 5.91 Å². The van der Waals surface area contributed by atoms with Gasteiger partial charge in [0.05, 0.1) is 0 Å². The first kappa shape index (κ1) is 15.1. The minimum Gasteiger partial charge on any atom is -0.477 e. The normalized spacial score (nSPS) is 13.6. The lowest BCUT2D eigenvalue weighted by Crippen LogP contribution is -2.27. The summed E-state index contributed by atoms with van der Waals surface area (Å²) in [6.45, 7) is 0.407. The van der Waals surface area contributed by atoms with Crippen LogP contribution in [0.1, 0.15) is 51.1 Å². The van der Waals surface area contributed by atoms with Crippen molar-refractivity contribution in [2.45, 2.75) is 25.2 Å². The van der Waals surface area contributed by atoms with Gasteiger partial charge in [-0.25, -0.2) is 19.7 Å². The molecule has 1 aliphatic rings. The minimum atomic E-state index is -1.16. The second kappa shape index (κ2) is 6.51. The summed E-state index contributed by atoms with van der Waals surface area (Å²) in [7, 11) is 0. The molecule has 7 heteroatoms. The van der Waals surface area contributed by atoms with Gasteiger partial charge in [0.2, 0.25) is 0 Å². The van der Waals surface area contributed by atoms with Gasteiger partial charge < -0.3 is 10.4 Å². The Morgan fingerprint density at radius 1 is 1.17 bits per heavy atom. The van der Waals surface area contributed by atoms with E-state index in [9.17, 15) is 9.59 Å². The van der Waals surface area contributed by atoms with Crippen molar-refractivity contribution < 1.29 is 14.7 Å². The van der Waals surface area contributed by atoms with Gasteiger partial charge in [0, 0.05) is 24.9 Å². The summed E-state index contributed by atoms with van der Waals surface area (Å²) in [4.78, 5) is 35.3. The number of nitrogens with zero attached hydrogens (tertiary/aromatic N) is 3. The van der Waals surface area contributed by atoms with Crippen LogP contribution in [0.2, 0.25) is 0 Å². The highest BCUT2D eigenvalue weighted by Gasteiger charge is 2.26. The van der Waals surface area contributed by atoms with E-state index in [0.717, 1.165) is 24.2 Å². The predicted molar refractivity (Wildman–Crippen MR) is 81.2 cm³/mol. The van der Waals surface area contributed by atoms with Crippen molar-refractivity contribution in [3.63, 3.8) is 0 Å². The maximum Gasteiger partial charge on any atom is 0.354 e. The number of rotatable bonds is 6. The molecule has 118 valence electrons. The van der Waals surface area contributed by atoms with Crippen molar-refractivity contribution in [1.82, 2.24) is 20.3 Å². The molecular formula is C16H16N4O3. The van der Waals surface area contributed by atoms with Crippen LogP contribution < -0.4 is 5.32 Å². The molecule has 1 amide bonds. The third-order valence-corrected chi connectivity index (χ3v) is 3.57. The Kier molecular flexibility index (Phi) is 4.27. The summed E-state index contributed by atoms with van der Waals surface area (Å²) >= 11 is 0. The number of carbonyl (C=O) groups excluding carboxylic acids is 1. The summed E-state index contributed by atoms with van der Waals surface area (Å²) < 4.78 is 0. The maximum atomic E-state index is 12.0. The van der Waals surface area contributed by atoms with Crippen molar-refractivity contribution >= 4 is 11.9 Å². The van der Waals surface area contributed by atoms with E-state index in [1.165, 1.54) is 18.2 Å². The molecule has 1 fully saturated rings. The predicted octanol–water partition coefficient (Wildman–Crippen LogP) is 1.42. The summed E-state index contributed by atoms with van der Waals surface area (Å²) in [5.41, 5.74) is 0.883. The van der Waals surface area contributed by atoms with Crippen molar-refractivity contribution in [3.05, 3.63) is 53.4 Å². The summed E-state index contributed by atoms with van der Waals surface area (Å²) in [6, 6.07) is 4.32. The van der Waals surface area contributed by atoms with Crippen LogP contribution in [0.25, 0.3) is 0 Å². The molecule has 2 aromatic rings. The van der Waals surface area contributed by atoms with E-state index in [0.29, 0.717) is 18.9 Å². The molecule has 0 saturated heterocycles. The molecule has 0 spiro atoms. The molecule has 2 aromatic heterocycles. The molecule has 3 rings (SSSR count). The Balaban J connectivity index is 1.52. The lowest BCUT2D eigenvalue weighted by Gasteiger charge is -2.05. The summed E-state index contributed by atoms with van der Waals surface area (Å²) in [5, 5.41) is 11.6. The Hall–Kier alpha value is -2.83. The largest absolute Gasteiger partial charge is 0.477 e. The lowest BCUT2D eigenvalue weighted by atomic mass is 10.2. The number of hydrogen-bond donors (Lipinski definition) is 2. The van der Waals surface area contributed by atoms with Gasteiger partial charge in [-0.05, 0) is 37.0 Å². The number of hydrogen-bond acceptors (Lipinski definition) is 5. The monoisotopic (exact) mass is 312 g/mol. The highest BCUT2D eigenvalue weighted by molar-refractivity contribution is 5.94. The fraction of sp³-hybridized carbons (Fsp3) is 0.312. The SMILES string of the molecule is O=C(O)c1cccc(C(=O)NCCc2cnc(C3CC3)nc2)n1. The fourth-order valence-corrected chi connectivity index (χ4v) is 2.14. The second-order valence-corrected chi connectivity index (χ2v) is 5.44. The maximum absolute atomic E-state index is 12.0. The van der Waals surface area contributed by atoms with Crippen LogP contribution in [0.4, 0.5) is 0 Å². The van der Waals surface area contributed by atoms with Crippen LogP contribution in [-0.4, -0.2) is 38.5 Å². The number of amides is 1. The third kappa shape index (κ3) is 3.88. The molecule has 2 heterocycles. The number of nitrogens with one attached hydrogen (secondary N) is 1. The number of aromatic carboxylic acids is 1. The number of carboxylic acids is 1. The van der Waals surface area contributed by atoms with Gasteiger partial charge in [0.15, 0.2) is 0 Å². The Labute approximate surface area is 132 Å². The van der Waals surface area contributed by atoms with Gasteiger partial charge >= 0.3 is 5.97 Å². The molecule has 0 radical (unpaired) electrons. The number of pyridine rings is 1. The molecule has 1 saturated carbocycles. The summed E-state index contributed by atoms with van der Waals surface area (Å²) in [5.74, 6) is -0.139. The first-order chi connectivity index (χ1) is 11.1. The van der Waals surface area contributed by atoms with E-state index < -0.39 is 11.9 Å². The molecule has 0 aromatic carbocycles. The van der Waals surface area contributed by atoms with Crippen LogP contribution in [-0.2, 0) is 6.42 Å². The number of aromatic nitrogens is 3. The Morgan fingerprint density at radius 3 is 2.52 bits per heavy atom. The van der Waals surface area contributed by atoms with Gasteiger partial charge in [0.1, 0.15) is 17.2 Å². The quantitative estimate of drug-likeness (QED) is 0.835. The van der Waals surface area contributed by atoms with Gasteiger partial charge in [-0.3, -0.25) is 4.79 Å². The molecule has 1 aliphatic carbocycles. The van der Waals surface area contributed by atoms with E-state index in [1.54, 1.807) is 12.4 Å². The highest BCUT2D eigenvalue weighted by atomic mass is 16.4. The van der Waals surface area contributed by atoms with Crippen molar-refractivity contribution in [2.24, 2.45) is 0 Å². The number of carboxylic acid groups (broad SMARTS) is 1. The van der Waals surface area contributed by atoms with Gasteiger partial charge in [-0.1, -0.05) is 6.07 Å². The zero-order valence-corrected chi connectivity index (χ0v) is 12.4. The van der Waals surface area contributed by atoms with E-state index in [-0.39, 0.29) is 11.4 Å². The molecule has 0 aliphatic heterocycles. The molecule has 7 nitrogen and oxygen atoms in total. The van der Waals surface area contributed by atoms with Crippen LogP contribution in [0.15, 0.2) is 30.6 Å². The van der Waals surface area contributed by atoms with Crippen LogP contribution in [0.5, 0.6) is 0 Å². The Morgan fingerprint density at radius 2 is 1.87 bits per heavy atom. The highest BCUT2D eigenvalue weighted by Crippen LogP contribution is 2.37. The first-order valence-corrected chi connectivity index (χ1v) is 7.43. The fourth-order valence-electron chi connectivity index (χ4n) is 2.14. The minimum absolute atomic E-state index is 0.0882. The van der Waals surface area contributed by atoms with E-state index >= 15 is 0 Å². The standard InChI is InChI=1S/C16H16N4O3/c21-15(12-2-1-3-13(20-12)16(22)23)17-7-6-10-8-18-14(19-9-10)11-4-5-11/h1-3,8-9,11H,4-7H2,(H,17,21)(H,22,23). The third-order valence-electron chi connectivity index (χ3n) is 3.57. The smallest absolute Gasteiger partial charge is 0.354 e. The summed E-state index contributed by atoms with van der Waals surface area (Å²) in [6.07, 6.45) is 6.51. The van der Waals surface area contributed by atoms with E-state index in [2.05, 4.69) is 20.3 Å². The molecule has 0 atom stereocenters. The molecule has 23 heavy (non-hydrogen) atoms. The number of carbonyl (C=O) groups is 2. The van der Waals surface area contributed by atoms with Crippen molar-refractivity contribution in [1.29, 1.82) is 0 Å². The lowest BCUT2D eigenvalue weighted by molar-refractivity contribution is 0.0690. The van der Waals surface area contributed by atoms with Gasteiger partial charge in [-0.15, -0.1) is 0 Å². The average molecular weight is 312 g/mol. The van der Waals surface area contributed by atoms with Crippen LogP contribution in [0.3, 0.4) is 0 Å². The Bertz CT molecular complexity index is 726. The molecular weight excluding hydrogens is 296 g/mol. The van der Waals surface area contributed by atoms with Crippen molar-refractivity contribution in [3.8, 4) is 0 Å². The second-order valence-electron chi connectivity index (χ2n) is 5.44. The molecule has 0 unspecified atom stereocenters. The van der Waals surface area contributed by atoms with Gasteiger partial charge in [-0.2, -0.15) is 0 Å². The molecule has 0 bridgehead atoms. The molecule has 2 N–H and O–H groups in total. The zero-order valence-electron chi connectivity index (χ0n) is 12.4. The van der Waals surface area contributed by atoms with E-state index in [4.69, 9.17) is 5.11 Å². The first-order valence-electron chi connectivity index (χ1n) is 7.43. The zero-order chi connectivity index (χ0) is 16.2. The van der Waals surface area contributed by atoms with E-state index in [1.807, 2.05) is 0 Å². The van der Waals surface area contributed by atoms with Crippen molar-refractivity contribution in [2.75, 3.05) is 6.54 Å². The topological polar surface area (TPSA) is 105 Å². The van der Waals surface area contributed by atoms with Crippen LogP contribution >= 0.6 is 0 Å². The average Bonchev–Trinajstić information content (AvgIpc) is 3.40. The van der Waals surface area contributed by atoms with Crippen LogP contribution in [0, 0.1) is 0 Å².